The quantitative estimate of drug-likeness (QED) is 0.147. The van der Waals surface area contributed by atoms with Gasteiger partial charge in [0.15, 0.2) is 0 Å². The van der Waals surface area contributed by atoms with Gasteiger partial charge in [-0.3, -0.25) is 0 Å². The van der Waals surface area contributed by atoms with Crippen LogP contribution in [0, 0.1) is 17.8 Å². The number of para-hydroxylation sites is 3. The van der Waals surface area contributed by atoms with Crippen LogP contribution in [-0.2, 0) is 16.2 Å². The maximum absolute atomic E-state index is 2.75. The van der Waals surface area contributed by atoms with Crippen molar-refractivity contribution in [1.29, 1.82) is 0 Å². The van der Waals surface area contributed by atoms with Crippen molar-refractivity contribution in [3.05, 3.63) is 241 Å². The van der Waals surface area contributed by atoms with E-state index in [0.29, 0.717) is 17.8 Å². The van der Waals surface area contributed by atoms with E-state index in [2.05, 4.69) is 301 Å². The maximum Gasteiger partial charge on any atom is 0.0543 e. The van der Waals surface area contributed by atoms with Gasteiger partial charge in [0.25, 0.3) is 0 Å². The van der Waals surface area contributed by atoms with E-state index < -0.39 is 0 Å². The van der Waals surface area contributed by atoms with Gasteiger partial charge in [0.05, 0.1) is 16.6 Å². The maximum atomic E-state index is 2.75. The predicted molar refractivity (Wildman–Crippen MR) is 391 cm³/mol. The second kappa shape index (κ2) is 19.7. The zero-order valence-electron chi connectivity index (χ0n) is 55.3. The Morgan fingerprint density at radius 3 is 1.00 bits per heavy atom. The number of anilines is 6. The minimum Gasteiger partial charge on any atom is -0.334 e. The Morgan fingerprint density at radius 1 is 0.293 bits per heavy atom. The molecule has 3 saturated carbocycles. The fourth-order valence-corrected chi connectivity index (χ4v) is 21.3. The number of rotatable bonds is 7. The van der Waals surface area contributed by atoms with E-state index in [1.165, 1.54) is 177 Å². The van der Waals surface area contributed by atoms with E-state index in [0.717, 1.165) is 19.3 Å². The van der Waals surface area contributed by atoms with Crippen molar-refractivity contribution in [2.24, 2.45) is 17.8 Å². The fraction of sp³-hybridized carbons (Fsp3) is 0.303. The molecule has 3 aliphatic heterocycles. The first-order valence-electron chi connectivity index (χ1n) is 34.9. The van der Waals surface area contributed by atoms with Gasteiger partial charge in [-0.05, 0) is 266 Å². The number of nitrogens with zero attached hydrogens (tertiary/aromatic N) is 3. The molecular weight excluding hydrogens is 1110 g/mol. The molecule has 456 valence electrons. The number of hydrogen-bond acceptors (Lipinski definition) is 3. The average molecular weight is 1200 g/mol. The highest BCUT2D eigenvalue weighted by atomic mass is 15.3. The largest absolute Gasteiger partial charge is 0.334 e. The smallest absolute Gasteiger partial charge is 0.0543 e. The molecule has 3 heterocycles. The van der Waals surface area contributed by atoms with E-state index in [1.54, 1.807) is 0 Å². The Bertz CT molecular complexity index is 4830. The Labute approximate surface area is 545 Å². The van der Waals surface area contributed by atoms with Crippen LogP contribution in [-0.4, -0.2) is 16.6 Å². The fourth-order valence-electron chi connectivity index (χ4n) is 21.3. The van der Waals surface area contributed by atoms with Gasteiger partial charge in [0.2, 0.25) is 0 Å². The molecule has 3 heteroatoms. The van der Waals surface area contributed by atoms with Crippen molar-refractivity contribution < 1.29 is 0 Å². The summed E-state index contributed by atoms with van der Waals surface area (Å²) in [5.74, 6) is 1.51. The van der Waals surface area contributed by atoms with Crippen molar-refractivity contribution >= 4 is 77.2 Å². The minimum atomic E-state index is -0.0995. The van der Waals surface area contributed by atoms with E-state index >= 15 is 0 Å². The molecule has 0 radical (unpaired) electrons. The molecule has 0 N–H and O–H groups in total. The topological polar surface area (TPSA) is 9.72 Å². The Hall–Kier alpha value is -8.66. The molecule has 9 atom stereocenters. The SMILES string of the molecule is CC1CCCC2(C)c3cc(-c4cc(-c5ccc6c(c5)C5(C)CCCC(C)C5(C)N6c5ccccc5)c5ccc6c(-c7cccc8ccccc78)cc(-c7ccc8c(c7)C7(C)CCCC(C)C7(C)N8c7ccccc7)c7ccc4c5c76)ccc3N(c3ccccc3)C12C. The van der Waals surface area contributed by atoms with E-state index in [9.17, 15) is 0 Å². The zero-order chi connectivity index (χ0) is 62.4. The van der Waals surface area contributed by atoms with Crippen LogP contribution in [0.5, 0.6) is 0 Å². The molecule has 9 unspecified atom stereocenters. The number of hydrogen-bond donors (Lipinski definition) is 0. The Morgan fingerprint density at radius 2 is 0.620 bits per heavy atom. The summed E-state index contributed by atoms with van der Waals surface area (Å²) in [5, 5.41) is 10.5. The molecule has 0 aromatic heterocycles. The Balaban J connectivity index is 0.934. The van der Waals surface area contributed by atoms with Gasteiger partial charge in [-0.2, -0.15) is 0 Å². The molecule has 3 nitrogen and oxygen atoms in total. The highest BCUT2D eigenvalue weighted by Crippen LogP contribution is 2.67. The summed E-state index contributed by atoms with van der Waals surface area (Å²) in [6.07, 6.45) is 10.9. The standard InChI is InChI=1S/C89H85N3/c1-56-25-22-48-84(4)76-51-60(38-45-79(76)90(87(56,84)7)63-30-13-10-14-31-63)72-54-73(61-39-46-80-77(52-61)85(5)49-23-26-57(2)88(85,8)91(80)64-32-15-11-16-33-64)69-43-44-71-75(67-37-21-29-59-28-19-20-36-66(59)67)55-74(70-42-41-68(72)82(69)83(70)71)62-40-47-81-78(53-62)86(6)50-24-27-58(3)89(86,9)92(81)65-34-17-12-18-35-65/h10-21,28-47,51-58H,22-27,48-50H2,1-9H3. The zero-order valence-corrected chi connectivity index (χ0v) is 55.3. The van der Waals surface area contributed by atoms with Crippen molar-refractivity contribution in [3.63, 3.8) is 0 Å². The predicted octanol–water partition coefficient (Wildman–Crippen LogP) is 24.4. The lowest BCUT2D eigenvalue weighted by atomic mass is 9.57. The summed E-state index contributed by atoms with van der Waals surface area (Å²) in [5.41, 5.74) is 22.3. The van der Waals surface area contributed by atoms with Gasteiger partial charge in [0.1, 0.15) is 0 Å². The van der Waals surface area contributed by atoms with Gasteiger partial charge in [-0.1, -0.05) is 200 Å². The first kappa shape index (κ1) is 56.1. The monoisotopic (exact) mass is 1200 g/mol. The van der Waals surface area contributed by atoms with Crippen LogP contribution >= 0.6 is 0 Å². The molecule has 3 fully saturated rings. The van der Waals surface area contributed by atoms with Crippen molar-refractivity contribution in [1.82, 2.24) is 0 Å². The molecule has 6 aliphatic rings. The van der Waals surface area contributed by atoms with E-state index in [1.807, 2.05) is 0 Å². The van der Waals surface area contributed by atoms with E-state index in [4.69, 9.17) is 0 Å². The molecular formula is C89H85N3. The van der Waals surface area contributed by atoms with Gasteiger partial charge in [-0.25, -0.2) is 0 Å². The molecule has 0 bridgehead atoms. The number of benzene rings is 12. The lowest BCUT2D eigenvalue weighted by Crippen LogP contribution is -2.59. The minimum absolute atomic E-state index is 0.0613. The third-order valence-electron chi connectivity index (χ3n) is 27.0. The lowest BCUT2D eigenvalue weighted by Gasteiger charge is -2.54. The third-order valence-corrected chi connectivity index (χ3v) is 27.0. The van der Waals surface area contributed by atoms with Crippen LogP contribution in [0.3, 0.4) is 0 Å². The molecule has 0 amide bonds. The van der Waals surface area contributed by atoms with Crippen molar-refractivity contribution in [2.45, 2.75) is 153 Å². The molecule has 92 heavy (non-hydrogen) atoms. The molecule has 0 spiro atoms. The molecule has 12 aromatic carbocycles. The highest BCUT2D eigenvalue weighted by Gasteiger charge is 2.63. The summed E-state index contributed by atoms with van der Waals surface area (Å²) in [7, 11) is 0. The number of fused-ring (bicyclic) bond motifs is 10. The average Bonchev–Trinajstić information content (AvgIpc) is 1.45. The van der Waals surface area contributed by atoms with Gasteiger partial charge < -0.3 is 14.7 Å². The Kier molecular flexibility index (Phi) is 12.0. The molecule has 12 aromatic rings. The van der Waals surface area contributed by atoms with Crippen LogP contribution < -0.4 is 14.7 Å². The van der Waals surface area contributed by atoms with Crippen LogP contribution in [0.2, 0.25) is 0 Å². The van der Waals surface area contributed by atoms with Crippen LogP contribution in [0.15, 0.2) is 224 Å². The van der Waals surface area contributed by atoms with Gasteiger partial charge in [0, 0.05) is 50.4 Å². The van der Waals surface area contributed by atoms with Crippen LogP contribution in [0.25, 0.3) is 87.6 Å². The third kappa shape index (κ3) is 7.13. The lowest BCUT2D eigenvalue weighted by molar-refractivity contribution is 0.130. The summed E-state index contributed by atoms with van der Waals surface area (Å²) in [6.45, 7) is 23.1. The van der Waals surface area contributed by atoms with Crippen molar-refractivity contribution in [3.8, 4) is 44.5 Å². The highest BCUT2D eigenvalue weighted by molar-refractivity contribution is 6.32. The van der Waals surface area contributed by atoms with Gasteiger partial charge >= 0.3 is 0 Å². The molecule has 3 aliphatic carbocycles. The van der Waals surface area contributed by atoms with Crippen LogP contribution in [0.1, 0.15) is 137 Å². The second-order valence-corrected chi connectivity index (χ2v) is 30.6. The normalized spacial score (nSPS) is 28.0. The first-order chi connectivity index (χ1) is 44.6. The molecule has 0 saturated heterocycles. The summed E-state index contributed by atoms with van der Waals surface area (Å²) >= 11 is 0. The van der Waals surface area contributed by atoms with Gasteiger partial charge in [-0.15, -0.1) is 0 Å². The van der Waals surface area contributed by atoms with E-state index in [-0.39, 0.29) is 32.9 Å². The summed E-state index contributed by atoms with van der Waals surface area (Å²) < 4.78 is 0. The van der Waals surface area contributed by atoms with Crippen LogP contribution in [0.4, 0.5) is 34.1 Å². The summed E-state index contributed by atoms with van der Waals surface area (Å²) in [4.78, 5) is 8.24. The first-order valence-corrected chi connectivity index (χ1v) is 34.9. The molecule has 18 rings (SSSR count). The second-order valence-electron chi connectivity index (χ2n) is 30.6. The summed E-state index contributed by atoms with van der Waals surface area (Å²) in [6, 6.07) is 88.2. The van der Waals surface area contributed by atoms with Crippen molar-refractivity contribution in [2.75, 3.05) is 14.7 Å².